The molecule has 2 heterocycles. The third-order valence-corrected chi connectivity index (χ3v) is 3.31. The predicted molar refractivity (Wildman–Crippen MR) is 73.2 cm³/mol. The van der Waals surface area contributed by atoms with Crippen LogP contribution in [-0.2, 0) is 0 Å². The second-order valence-electron chi connectivity index (χ2n) is 3.96. The van der Waals surface area contributed by atoms with E-state index >= 15 is 0 Å². The molecule has 0 radical (unpaired) electrons. The second-order valence-corrected chi connectivity index (χ2v) is 4.94. The van der Waals surface area contributed by atoms with Crippen molar-refractivity contribution in [1.29, 1.82) is 0 Å². The van der Waals surface area contributed by atoms with Gasteiger partial charge in [0, 0.05) is 38.0 Å². The molecule has 0 bridgehead atoms. The molecular weight excluding hydrogens is 234 g/mol. The zero-order valence-corrected chi connectivity index (χ0v) is 11.0. The maximum absolute atomic E-state index is 5.65. The standard InChI is InChI=1S/C12H19N3OS/c1-17-7-6-16-12-8-11(9-14-10-12)15-4-2-13-3-5-15/h8-10,13H,2-7H2,1H3. The number of anilines is 1. The maximum atomic E-state index is 5.65. The summed E-state index contributed by atoms with van der Waals surface area (Å²) < 4.78 is 5.65. The zero-order chi connectivity index (χ0) is 11.9. The summed E-state index contributed by atoms with van der Waals surface area (Å²) in [5.74, 6) is 1.88. The van der Waals surface area contributed by atoms with E-state index < -0.39 is 0 Å². The van der Waals surface area contributed by atoms with Crippen molar-refractivity contribution < 1.29 is 4.74 Å². The minimum absolute atomic E-state index is 0.744. The van der Waals surface area contributed by atoms with Gasteiger partial charge in [0.1, 0.15) is 5.75 Å². The highest BCUT2D eigenvalue weighted by atomic mass is 32.2. The Bertz CT molecular complexity index is 342. The second kappa shape index (κ2) is 6.71. The van der Waals surface area contributed by atoms with Crippen LogP contribution in [0.1, 0.15) is 0 Å². The van der Waals surface area contributed by atoms with E-state index in [4.69, 9.17) is 4.74 Å². The molecule has 0 aliphatic carbocycles. The molecule has 0 saturated carbocycles. The van der Waals surface area contributed by atoms with Gasteiger partial charge in [-0.25, -0.2) is 0 Å². The lowest BCUT2D eigenvalue weighted by molar-refractivity contribution is 0.342. The van der Waals surface area contributed by atoms with Crippen LogP contribution in [0.3, 0.4) is 0 Å². The Kier molecular flexibility index (Phi) is 4.94. The van der Waals surface area contributed by atoms with Crippen LogP contribution in [0.4, 0.5) is 5.69 Å². The first-order chi connectivity index (χ1) is 8.40. The SMILES string of the molecule is CSCCOc1cncc(N2CCNCC2)c1. The molecule has 5 heteroatoms. The maximum Gasteiger partial charge on any atom is 0.139 e. The minimum atomic E-state index is 0.744. The lowest BCUT2D eigenvalue weighted by atomic mass is 10.3. The van der Waals surface area contributed by atoms with Gasteiger partial charge in [0.05, 0.1) is 24.7 Å². The Labute approximate surface area is 107 Å². The first-order valence-electron chi connectivity index (χ1n) is 5.92. The Hall–Kier alpha value is -0.940. The summed E-state index contributed by atoms with van der Waals surface area (Å²) in [6.45, 7) is 4.90. The first kappa shape index (κ1) is 12.5. The van der Waals surface area contributed by atoms with E-state index in [0.717, 1.165) is 50.0 Å². The molecule has 1 N–H and O–H groups in total. The number of rotatable bonds is 5. The quantitative estimate of drug-likeness (QED) is 0.799. The van der Waals surface area contributed by atoms with Crippen molar-refractivity contribution in [2.24, 2.45) is 0 Å². The average molecular weight is 253 g/mol. The van der Waals surface area contributed by atoms with Gasteiger partial charge in [0.2, 0.25) is 0 Å². The molecule has 1 aromatic heterocycles. The number of hydrogen-bond donors (Lipinski definition) is 1. The molecule has 4 nitrogen and oxygen atoms in total. The smallest absolute Gasteiger partial charge is 0.139 e. The van der Waals surface area contributed by atoms with E-state index in [1.807, 2.05) is 6.20 Å². The van der Waals surface area contributed by atoms with Crippen molar-refractivity contribution in [3.05, 3.63) is 18.5 Å². The van der Waals surface area contributed by atoms with Gasteiger partial charge in [0.15, 0.2) is 0 Å². The van der Waals surface area contributed by atoms with Crippen LogP contribution >= 0.6 is 11.8 Å². The summed E-state index contributed by atoms with van der Waals surface area (Å²) in [6.07, 6.45) is 5.78. The molecule has 94 valence electrons. The third kappa shape index (κ3) is 3.78. The number of aromatic nitrogens is 1. The van der Waals surface area contributed by atoms with Crippen LogP contribution in [0.2, 0.25) is 0 Å². The summed E-state index contributed by atoms with van der Waals surface area (Å²) in [6, 6.07) is 2.08. The van der Waals surface area contributed by atoms with Crippen molar-refractivity contribution >= 4 is 17.4 Å². The molecule has 0 spiro atoms. The van der Waals surface area contributed by atoms with Crippen LogP contribution in [0.5, 0.6) is 5.75 Å². The number of piperazine rings is 1. The van der Waals surface area contributed by atoms with E-state index in [9.17, 15) is 0 Å². The van der Waals surface area contributed by atoms with Crippen LogP contribution in [-0.4, -0.2) is 49.8 Å². The fraction of sp³-hybridized carbons (Fsp3) is 0.583. The van der Waals surface area contributed by atoms with Crippen LogP contribution < -0.4 is 15.0 Å². The van der Waals surface area contributed by atoms with Gasteiger partial charge in [-0.3, -0.25) is 4.98 Å². The number of nitrogens with zero attached hydrogens (tertiary/aromatic N) is 2. The summed E-state index contributed by atoms with van der Waals surface area (Å²) in [5, 5.41) is 3.34. The fourth-order valence-electron chi connectivity index (χ4n) is 1.83. The van der Waals surface area contributed by atoms with Gasteiger partial charge in [-0.05, 0) is 6.26 Å². The van der Waals surface area contributed by atoms with Gasteiger partial charge in [-0.2, -0.15) is 11.8 Å². The summed E-state index contributed by atoms with van der Waals surface area (Å²) in [4.78, 5) is 6.58. The average Bonchev–Trinajstić information content (AvgIpc) is 2.41. The topological polar surface area (TPSA) is 37.4 Å². The number of nitrogens with one attached hydrogen (secondary N) is 1. The van der Waals surface area contributed by atoms with E-state index in [1.54, 1.807) is 18.0 Å². The molecule has 1 aliphatic heterocycles. The van der Waals surface area contributed by atoms with Gasteiger partial charge in [-0.15, -0.1) is 0 Å². The van der Waals surface area contributed by atoms with Gasteiger partial charge in [-0.1, -0.05) is 0 Å². The van der Waals surface area contributed by atoms with E-state index in [1.165, 1.54) is 0 Å². The largest absolute Gasteiger partial charge is 0.491 e. The molecule has 1 saturated heterocycles. The first-order valence-corrected chi connectivity index (χ1v) is 7.32. The zero-order valence-electron chi connectivity index (χ0n) is 10.2. The number of hydrogen-bond acceptors (Lipinski definition) is 5. The molecule has 0 atom stereocenters. The molecule has 1 aromatic rings. The Morgan fingerprint density at radius 2 is 2.24 bits per heavy atom. The van der Waals surface area contributed by atoms with Crippen molar-refractivity contribution in [1.82, 2.24) is 10.3 Å². The van der Waals surface area contributed by atoms with E-state index in [2.05, 4.69) is 27.5 Å². The van der Waals surface area contributed by atoms with Gasteiger partial charge in [0.25, 0.3) is 0 Å². The Morgan fingerprint density at radius 3 is 3.00 bits per heavy atom. The summed E-state index contributed by atoms with van der Waals surface area (Å²) in [7, 11) is 0. The van der Waals surface area contributed by atoms with Crippen molar-refractivity contribution in [2.75, 3.05) is 49.7 Å². The van der Waals surface area contributed by atoms with Crippen LogP contribution in [0, 0.1) is 0 Å². The lowest BCUT2D eigenvalue weighted by Crippen LogP contribution is -2.43. The Morgan fingerprint density at radius 1 is 1.41 bits per heavy atom. The summed E-state index contributed by atoms with van der Waals surface area (Å²) >= 11 is 1.79. The fourth-order valence-corrected chi connectivity index (χ4v) is 2.08. The summed E-state index contributed by atoms with van der Waals surface area (Å²) in [5.41, 5.74) is 1.16. The number of ether oxygens (including phenoxy) is 1. The highest BCUT2D eigenvalue weighted by molar-refractivity contribution is 7.98. The monoisotopic (exact) mass is 253 g/mol. The predicted octanol–water partition coefficient (Wildman–Crippen LogP) is 1.23. The normalized spacial score (nSPS) is 15.9. The van der Waals surface area contributed by atoms with Gasteiger partial charge >= 0.3 is 0 Å². The van der Waals surface area contributed by atoms with Crippen molar-refractivity contribution in [2.45, 2.75) is 0 Å². The molecule has 17 heavy (non-hydrogen) atoms. The van der Waals surface area contributed by atoms with Crippen molar-refractivity contribution in [3.63, 3.8) is 0 Å². The van der Waals surface area contributed by atoms with Crippen LogP contribution in [0.25, 0.3) is 0 Å². The highest BCUT2D eigenvalue weighted by Gasteiger charge is 2.11. The number of thioether (sulfide) groups is 1. The lowest BCUT2D eigenvalue weighted by Gasteiger charge is -2.29. The van der Waals surface area contributed by atoms with E-state index in [0.29, 0.717) is 0 Å². The molecule has 2 rings (SSSR count). The van der Waals surface area contributed by atoms with Crippen molar-refractivity contribution in [3.8, 4) is 5.75 Å². The molecule has 1 fully saturated rings. The molecule has 0 aromatic carbocycles. The molecular formula is C12H19N3OS. The van der Waals surface area contributed by atoms with E-state index in [-0.39, 0.29) is 0 Å². The highest BCUT2D eigenvalue weighted by Crippen LogP contribution is 2.19. The van der Waals surface area contributed by atoms with Gasteiger partial charge < -0.3 is 15.0 Å². The molecule has 0 amide bonds. The minimum Gasteiger partial charge on any atom is -0.491 e. The molecule has 0 unspecified atom stereocenters. The van der Waals surface area contributed by atoms with Crippen LogP contribution in [0.15, 0.2) is 18.5 Å². The Balaban J connectivity index is 1.95. The number of pyridine rings is 1. The third-order valence-electron chi connectivity index (χ3n) is 2.74. The molecule has 1 aliphatic rings.